The topological polar surface area (TPSA) is 79.3 Å². The summed E-state index contributed by atoms with van der Waals surface area (Å²) in [7, 11) is 0. The number of hydrogen-bond acceptors (Lipinski definition) is 4. The Hall–Kier alpha value is -2.41. The largest absolute Gasteiger partial charge is 0.343 e. The van der Waals surface area contributed by atoms with Crippen LogP contribution in [0.25, 0.3) is 5.65 Å². The Morgan fingerprint density at radius 3 is 2.81 bits per heavy atom. The van der Waals surface area contributed by atoms with E-state index in [0.717, 1.165) is 17.7 Å². The molecule has 3 heterocycles. The lowest BCUT2D eigenvalue weighted by molar-refractivity contribution is 0.0935. The van der Waals surface area contributed by atoms with Crippen LogP contribution >= 0.6 is 11.3 Å². The molecule has 0 saturated carbocycles. The molecule has 0 fully saturated rings. The first kappa shape index (κ1) is 18.4. The maximum Gasteiger partial charge on any atom is 0.272 e. The van der Waals surface area contributed by atoms with Gasteiger partial charge < -0.3 is 5.32 Å². The number of thiophene rings is 1. The van der Waals surface area contributed by atoms with E-state index in [9.17, 15) is 9.59 Å². The molecule has 6 nitrogen and oxygen atoms in total. The van der Waals surface area contributed by atoms with Gasteiger partial charge in [0.1, 0.15) is 0 Å². The number of carbonyl (C=O) groups excluding carboxylic acids is 1. The fourth-order valence-corrected chi connectivity index (χ4v) is 3.80. The first-order valence-corrected chi connectivity index (χ1v) is 9.74. The highest BCUT2D eigenvalue weighted by Crippen LogP contribution is 2.22. The molecule has 0 spiro atoms. The third kappa shape index (κ3) is 3.58. The SMILES string of the molecule is CCc1c(C)[nH]n2c(=O)cc(C(CC(C)C)NC(=O)c3cccs3)nc12. The number of nitrogens with zero attached hydrogens (tertiary/aromatic N) is 2. The summed E-state index contributed by atoms with van der Waals surface area (Å²) >= 11 is 1.40. The molecule has 7 heteroatoms. The molecule has 3 aromatic rings. The molecular weight excluding hydrogens is 348 g/mol. The number of hydrogen-bond donors (Lipinski definition) is 2. The summed E-state index contributed by atoms with van der Waals surface area (Å²) in [6.45, 7) is 8.16. The van der Waals surface area contributed by atoms with Gasteiger partial charge in [-0.2, -0.15) is 0 Å². The number of H-pyrrole nitrogens is 1. The minimum atomic E-state index is -0.304. The molecule has 0 aromatic carbocycles. The van der Waals surface area contributed by atoms with Gasteiger partial charge in [0.05, 0.1) is 16.6 Å². The monoisotopic (exact) mass is 372 g/mol. The summed E-state index contributed by atoms with van der Waals surface area (Å²) in [5, 5.41) is 8.00. The minimum absolute atomic E-state index is 0.131. The quantitative estimate of drug-likeness (QED) is 0.695. The van der Waals surface area contributed by atoms with Gasteiger partial charge in [0, 0.05) is 17.3 Å². The second-order valence-electron chi connectivity index (χ2n) is 6.88. The van der Waals surface area contributed by atoms with E-state index in [-0.39, 0.29) is 17.5 Å². The van der Waals surface area contributed by atoms with Crippen molar-refractivity contribution in [3.05, 3.63) is 55.8 Å². The summed E-state index contributed by atoms with van der Waals surface area (Å²) in [6.07, 6.45) is 1.50. The van der Waals surface area contributed by atoms with E-state index in [1.807, 2.05) is 25.3 Å². The van der Waals surface area contributed by atoms with Crippen LogP contribution in [0.15, 0.2) is 28.4 Å². The van der Waals surface area contributed by atoms with Crippen molar-refractivity contribution < 1.29 is 4.79 Å². The first-order chi connectivity index (χ1) is 12.4. The van der Waals surface area contributed by atoms with Crippen molar-refractivity contribution in [3.8, 4) is 0 Å². The lowest BCUT2D eigenvalue weighted by Gasteiger charge is -2.20. The fourth-order valence-electron chi connectivity index (χ4n) is 3.18. The van der Waals surface area contributed by atoms with Gasteiger partial charge in [0.25, 0.3) is 11.5 Å². The maximum absolute atomic E-state index is 12.6. The van der Waals surface area contributed by atoms with Crippen molar-refractivity contribution in [2.45, 2.75) is 46.6 Å². The number of fused-ring (bicyclic) bond motifs is 1. The summed E-state index contributed by atoms with van der Waals surface area (Å²) in [4.78, 5) is 30.5. The second-order valence-corrected chi connectivity index (χ2v) is 7.83. The molecule has 1 amide bonds. The van der Waals surface area contributed by atoms with Gasteiger partial charge in [-0.1, -0.05) is 26.8 Å². The fraction of sp³-hybridized carbons (Fsp3) is 0.421. The van der Waals surface area contributed by atoms with Crippen LogP contribution in [-0.2, 0) is 6.42 Å². The Labute approximate surface area is 156 Å². The molecule has 0 aliphatic rings. The summed E-state index contributed by atoms with van der Waals surface area (Å²) in [6, 6.07) is 4.86. The molecule has 2 N–H and O–H groups in total. The van der Waals surface area contributed by atoms with Crippen LogP contribution < -0.4 is 10.9 Å². The zero-order valence-electron chi connectivity index (χ0n) is 15.5. The van der Waals surface area contributed by atoms with Gasteiger partial charge in [-0.3, -0.25) is 14.7 Å². The predicted octanol–water partition coefficient (Wildman–Crippen LogP) is 3.47. The number of aryl methyl sites for hydroxylation is 2. The van der Waals surface area contributed by atoms with Gasteiger partial charge in [-0.15, -0.1) is 11.3 Å². The second kappa shape index (κ2) is 7.45. The normalized spacial score (nSPS) is 12.7. The average Bonchev–Trinajstić information content (AvgIpc) is 3.21. The maximum atomic E-state index is 12.6. The molecule has 0 bridgehead atoms. The molecule has 3 rings (SSSR count). The molecule has 1 atom stereocenters. The molecule has 26 heavy (non-hydrogen) atoms. The van der Waals surface area contributed by atoms with Gasteiger partial charge >= 0.3 is 0 Å². The van der Waals surface area contributed by atoms with E-state index in [1.54, 1.807) is 6.07 Å². The van der Waals surface area contributed by atoms with Crippen molar-refractivity contribution in [3.63, 3.8) is 0 Å². The number of rotatable bonds is 6. The van der Waals surface area contributed by atoms with Crippen LogP contribution in [0.4, 0.5) is 0 Å². The van der Waals surface area contributed by atoms with Crippen LogP contribution in [0, 0.1) is 12.8 Å². The number of aromatic amines is 1. The molecule has 0 saturated heterocycles. The van der Waals surface area contributed by atoms with E-state index < -0.39 is 0 Å². The highest BCUT2D eigenvalue weighted by molar-refractivity contribution is 7.12. The van der Waals surface area contributed by atoms with Gasteiger partial charge in [0.2, 0.25) is 0 Å². The van der Waals surface area contributed by atoms with E-state index >= 15 is 0 Å². The highest BCUT2D eigenvalue weighted by atomic mass is 32.1. The lowest BCUT2D eigenvalue weighted by Crippen LogP contribution is -2.31. The number of aromatic nitrogens is 3. The Kier molecular flexibility index (Phi) is 5.27. The molecule has 3 aromatic heterocycles. The lowest BCUT2D eigenvalue weighted by atomic mass is 10.0. The van der Waals surface area contributed by atoms with Crippen molar-refractivity contribution >= 4 is 22.9 Å². The van der Waals surface area contributed by atoms with Gasteiger partial charge in [0.15, 0.2) is 5.65 Å². The zero-order chi connectivity index (χ0) is 18.8. The summed E-state index contributed by atoms with van der Waals surface area (Å²) < 4.78 is 1.48. The van der Waals surface area contributed by atoms with E-state index in [0.29, 0.717) is 28.6 Å². The number of carbonyl (C=O) groups is 1. The van der Waals surface area contributed by atoms with Gasteiger partial charge in [-0.05, 0) is 37.1 Å². The smallest absolute Gasteiger partial charge is 0.272 e. The Bertz CT molecular complexity index is 969. The molecule has 0 aliphatic carbocycles. The molecule has 138 valence electrons. The molecular formula is C19H24N4O2S. The Morgan fingerprint density at radius 2 is 2.19 bits per heavy atom. The zero-order valence-corrected chi connectivity index (χ0v) is 16.3. The third-order valence-corrected chi connectivity index (χ3v) is 5.28. The Morgan fingerprint density at radius 1 is 1.42 bits per heavy atom. The van der Waals surface area contributed by atoms with Crippen LogP contribution in [0.3, 0.4) is 0 Å². The molecule has 0 aliphatic heterocycles. The van der Waals surface area contributed by atoms with Crippen LogP contribution in [-0.4, -0.2) is 20.5 Å². The van der Waals surface area contributed by atoms with Crippen molar-refractivity contribution in [2.75, 3.05) is 0 Å². The van der Waals surface area contributed by atoms with Crippen molar-refractivity contribution in [1.29, 1.82) is 0 Å². The van der Waals surface area contributed by atoms with E-state index in [4.69, 9.17) is 4.98 Å². The van der Waals surface area contributed by atoms with E-state index in [1.165, 1.54) is 21.9 Å². The minimum Gasteiger partial charge on any atom is -0.343 e. The van der Waals surface area contributed by atoms with Crippen LogP contribution in [0.2, 0.25) is 0 Å². The van der Waals surface area contributed by atoms with Crippen molar-refractivity contribution in [2.24, 2.45) is 5.92 Å². The summed E-state index contributed by atoms with van der Waals surface area (Å²) in [5.74, 6) is 0.219. The molecule has 1 unspecified atom stereocenters. The average molecular weight is 372 g/mol. The molecule has 0 radical (unpaired) electrons. The number of amides is 1. The van der Waals surface area contributed by atoms with E-state index in [2.05, 4.69) is 24.3 Å². The summed E-state index contributed by atoms with van der Waals surface area (Å²) in [5.41, 5.74) is 3.06. The standard InChI is InChI=1S/C19H24N4O2S/c1-5-13-12(4)22-23-17(24)10-15(20-18(13)23)14(9-11(2)3)21-19(25)16-7-6-8-26-16/h6-8,10-11,14,22H,5,9H2,1-4H3,(H,21,25). The predicted molar refractivity (Wildman–Crippen MR) is 104 cm³/mol. The first-order valence-electron chi connectivity index (χ1n) is 8.86. The van der Waals surface area contributed by atoms with Crippen LogP contribution in [0.5, 0.6) is 0 Å². The van der Waals surface area contributed by atoms with Crippen LogP contribution in [0.1, 0.15) is 59.9 Å². The van der Waals surface area contributed by atoms with Gasteiger partial charge in [-0.25, -0.2) is 9.50 Å². The highest BCUT2D eigenvalue weighted by Gasteiger charge is 2.21. The third-order valence-electron chi connectivity index (χ3n) is 4.41. The van der Waals surface area contributed by atoms with Crippen molar-refractivity contribution in [1.82, 2.24) is 19.9 Å². The number of nitrogens with one attached hydrogen (secondary N) is 2. The Balaban J connectivity index is 2.03.